The van der Waals surface area contributed by atoms with E-state index < -0.39 is 0 Å². The van der Waals surface area contributed by atoms with Crippen LogP contribution >= 0.6 is 0 Å². The summed E-state index contributed by atoms with van der Waals surface area (Å²) < 4.78 is 5.86. The number of oxazole rings is 1. The molecule has 0 amide bonds. The molecule has 2 aromatic rings. The van der Waals surface area contributed by atoms with E-state index in [9.17, 15) is 5.26 Å². The molecule has 0 aliphatic carbocycles. The average Bonchev–Trinajstić information content (AvgIpc) is 3.03. The molecule has 2 heterocycles. The van der Waals surface area contributed by atoms with Crippen LogP contribution in [0, 0.1) is 18.3 Å². The van der Waals surface area contributed by atoms with E-state index in [0.29, 0.717) is 23.5 Å². The number of nitrogens with zero attached hydrogens (tertiary/aromatic N) is 4. The third-order valence-electron chi connectivity index (χ3n) is 4.83. The van der Waals surface area contributed by atoms with Crippen LogP contribution in [0.2, 0.25) is 0 Å². The molecule has 1 aromatic heterocycles. The zero-order chi connectivity index (χ0) is 17.8. The van der Waals surface area contributed by atoms with Crippen molar-refractivity contribution in [1.82, 2.24) is 14.8 Å². The second kappa shape index (κ2) is 7.68. The molecule has 0 radical (unpaired) electrons. The van der Waals surface area contributed by atoms with Crippen LogP contribution in [-0.2, 0) is 0 Å². The average molecular weight is 339 g/mol. The van der Waals surface area contributed by atoms with Gasteiger partial charge in [-0.1, -0.05) is 18.2 Å². The van der Waals surface area contributed by atoms with Crippen LogP contribution in [0.25, 0.3) is 11.5 Å². The van der Waals surface area contributed by atoms with Gasteiger partial charge in [0.25, 0.3) is 0 Å². The van der Waals surface area contributed by atoms with Gasteiger partial charge in [0.2, 0.25) is 17.5 Å². The molecule has 1 aromatic carbocycles. The number of aromatic nitrogens is 1. The maximum atomic E-state index is 9.36. The molecule has 1 fully saturated rings. The van der Waals surface area contributed by atoms with Crippen molar-refractivity contribution in [2.24, 2.45) is 0 Å². The minimum absolute atomic E-state index is 0.309. The summed E-state index contributed by atoms with van der Waals surface area (Å²) in [6.07, 6.45) is 0. The summed E-state index contributed by atoms with van der Waals surface area (Å²) in [5.41, 5.74) is 2.30. The van der Waals surface area contributed by atoms with E-state index in [0.717, 1.165) is 43.9 Å². The maximum Gasteiger partial charge on any atom is 0.232 e. The Morgan fingerprint density at radius 3 is 2.68 bits per heavy atom. The number of hydrogen-bond donors (Lipinski definition) is 1. The Hall–Kier alpha value is -2.36. The zero-order valence-electron chi connectivity index (χ0n) is 15.1. The van der Waals surface area contributed by atoms with Gasteiger partial charge in [-0.25, -0.2) is 0 Å². The van der Waals surface area contributed by atoms with Gasteiger partial charge >= 0.3 is 0 Å². The van der Waals surface area contributed by atoms with Gasteiger partial charge < -0.3 is 14.6 Å². The molecule has 1 aliphatic rings. The smallest absolute Gasteiger partial charge is 0.232 e. The third kappa shape index (κ3) is 4.01. The molecule has 0 unspecified atom stereocenters. The van der Waals surface area contributed by atoms with Gasteiger partial charge in [0.1, 0.15) is 6.07 Å². The van der Waals surface area contributed by atoms with Crippen molar-refractivity contribution in [3.63, 3.8) is 0 Å². The molecule has 1 aliphatic heterocycles. The van der Waals surface area contributed by atoms with Gasteiger partial charge in [-0.05, 0) is 32.5 Å². The Bertz CT molecular complexity index is 755. The predicted octanol–water partition coefficient (Wildman–Crippen LogP) is 2.57. The van der Waals surface area contributed by atoms with E-state index in [-0.39, 0.29) is 0 Å². The number of nitriles is 1. The highest BCUT2D eigenvalue weighted by Crippen LogP contribution is 2.27. The minimum atomic E-state index is 0.309. The second-order valence-corrected chi connectivity index (χ2v) is 6.69. The van der Waals surface area contributed by atoms with Crippen molar-refractivity contribution in [2.75, 3.05) is 45.1 Å². The van der Waals surface area contributed by atoms with Gasteiger partial charge in [0.15, 0.2) is 0 Å². The van der Waals surface area contributed by atoms with Crippen molar-refractivity contribution >= 4 is 5.88 Å². The van der Waals surface area contributed by atoms with Crippen LogP contribution in [0.15, 0.2) is 28.7 Å². The largest absolute Gasteiger partial charge is 0.419 e. The molecule has 25 heavy (non-hydrogen) atoms. The molecule has 1 N–H and O–H groups in total. The highest BCUT2D eigenvalue weighted by molar-refractivity contribution is 5.62. The number of nitrogens with one attached hydrogen (secondary N) is 1. The summed E-state index contributed by atoms with van der Waals surface area (Å²) >= 11 is 0. The number of hydrogen-bond acceptors (Lipinski definition) is 6. The SMILES string of the molecule is Cc1ccccc1-c1nc(C#N)c(NC[C@H](C)N2CCN(C)CC2)o1. The lowest BCUT2D eigenvalue weighted by Gasteiger charge is -2.36. The van der Waals surface area contributed by atoms with Gasteiger partial charge in [-0.2, -0.15) is 10.2 Å². The molecule has 6 heteroatoms. The summed E-state index contributed by atoms with van der Waals surface area (Å²) in [6, 6.07) is 10.4. The number of aryl methyl sites for hydroxylation is 1. The predicted molar refractivity (Wildman–Crippen MR) is 98.4 cm³/mol. The highest BCUT2D eigenvalue weighted by atomic mass is 16.4. The van der Waals surface area contributed by atoms with Crippen LogP contribution in [-0.4, -0.2) is 60.6 Å². The summed E-state index contributed by atoms with van der Waals surface area (Å²) in [4.78, 5) is 9.15. The van der Waals surface area contributed by atoms with Crippen LogP contribution in [0.3, 0.4) is 0 Å². The summed E-state index contributed by atoms with van der Waals surface area (Å²) in [5.74, 6) is 0.950. The van der Waals surface area contributed by atoms with Crippen molar-refractivity contribution in [1.29, 1.82) is 5.26 Å². The molecule has 3 rings (SSSR count). The fraction of sp³-hybridized carbons (Fsp3) is 0.474. The first-order valence-corrected chi connectivity index (χ1v) is 8.72. The van der Waals surface area contributed by atoms with Crippen molar-refractivity contribution < 1.29 is 4.42 Å². The van der Waals surface area contributed by atoms with Gasteiger partial charge in [0, 0.05) is 44.3 Å². The Morgan fingerprint density at radius 1 is 1.28 bits per heavy atom. The Morgan fingerprint density at radius 2 is 2.00 bits per heavy atom. The van der Waals surface area contributed by atoms with Crippen LogP contribution in [0.5, 0.6) is 0 Å². The standard InChI is InChI=1S/C19H25N5O/c1-14-6-4-5-7-16(14)18-22-17(12-20)19(25-18)21-13-15(2)24-10-8-23(3)9-11-24/h4-7,15,21H,8-11,13H2,1-3H3/t15-/m0/s1. The first-order chi connectivity index (χ1) is 12.1. The topological polar surface area (TPSA) is 68.3 Å². The molecular weight excluding hydrogens is 314 g/mol. The molecule has 0 saturated carbocycles. The zero-order valence-corrected chi connectivity index (χ0v) is 15.1. The van der Waals surface area contributed by atoms with E-state index in [1.807, 2.05) is 31.2 Å². The number of benzene rings is 1. The van der Waals surface area contributed by atoms with E-state index in [1.165, 1.54) is 0 Å². The number of likely N-dealkylation sites (N-methyl/N-ethyl adjacent to an activating group) is 1. The van der Waals surface area contributed by atoms with Gasteiger partial charge in [-0.15, -0.1) is 0 Å². The Labute approximate surface area is 149 Å². The first-order valence-electron chi connectivity index (χ1n) is 8.72. The monoisotopic (exact) mass is 339 g/mol. The van der Waals surface area contributed by atoms with Crippen LogP contribution in [0.1, 0.15) is 18.2 Å². The van der Waals surface area contributed by atoms with Crippen molar-refractivity contribution in [2.45, 2.75) is 19.9 Å². The fourth-order valence-electron chi connectivity index (χ4n) is 3.08. The first kappa shape index (κ1) is 17.5. The van der Waals surface area contributed by atoms with Gasteiger partial charge in [-0.3, -0.25) is 4.90 Å². The second-order valence-electron chi connectivity index (χ2n) is 6.69. The quantitative estimate of drug-likeness (QED) is 0.903. The van der Waals surface area contributed by atoms with Crippen molar-refractivity contribution in [3.8, 4) is 17.5 Å². The lowest BCUT2D eigenvalue weighted by Crippen LogP contribution is -2.49. The molecular formula is C19H25N5O. The summed E-state index contributed by atoms with van der Waals surface area (Å²) in [6.45, 7) is 9.24. The minimum Gasteiger partial charge on any atom is -0.419 e. The van der Waals surface area contributed by atoms with E-state index >= 15 is 0 Å². The lowest BCUT2D eigenvalue weighted by atomic mass is 10.1. The van der Waals surface area contributed by atoms with Crippen LogP contribution < -0.4 is 5.32 Å². The molecule has 0 bridgehead atoms. The van der Waals surface area contributed by atoms with E-state index in [1.54, 1.807) is 0 Å². The highest BCUT2D eigenvalue weighted by Gasteiger charge is 2.21. The third-order valence-corrected chi connectivity index (χ3v) is 4.83. The molecule has 132 valence electrons. The molecule has 0 spiro atoms. The summed E-state index contributed by atoms with van der Waals surface area (Å²) in [5, 5.41) is 12.6. The Kier molecular flexibility index (Phi) is 5.37. The van der Waals surface area contributed by atoms with E-state index in [4.69, 9.17) is 4.42 Å². The lowest BCUT2D eigenvalue weighted by molar-refractivity contribution is 0.123. The number of rotatable bonds is 5. The number of piperazine rings is 1. The maximum absolute atomic E-state index is 9.36. The molecule has 1 saturated heterocycles. The van der Waals surface area contributed by atoms with Crippen LogP contribution in [0.4, 0.5) is 5.88 Å². The number of anilines is 1. The molecule has 6 nitrogen and oxygen atoms in total. The fourth-order valence-corrected chi connectivity index (χ4v) is 3.08. The normalized spacial score (nSPS) is 17.2. The van der Waals surface area contributed by atoms with E-state index in [2.05, 4.69) is 40.1 Å². The Balaban J connectivity index is 1.68. The summed E-state index contributed by atoms with van der Waals surface area (Å²) in [7, 11) is 2.15. The van der Waals surface area contributed by atoms with Gasteiger partial charge in [0.05, 0.1) is 0 Å². The van der Waals surface area contributed by atoms with Crippen molar-refractivity contribution in [3.05, 3.63) is 35.5 Å². The molecule has 1 atom stereocenters.